The summed E-state index contributed by atoms with van der Waals surface area (Å²) in [6, 6.07) is 9.89. The van der Waals surface area contributed by atoms with Crippen molar-refractivity contribution in [2.24, 2.45) is 4.99 Å². The van der Waals surface area contributed by atoms with Crippen LogP contribution >= 0.6 is 23.2 Å². The molecule has 40 heavy (non-hydrogen) atoms. The molecule has 18 heteroatoms. The van der Waals surface area contributed by atoms with Crippen LogP contribution < -0.4 is 20.7 Å². The van der Waals surface area contributed by atoms with E-state index < -0.39 is 20.8 Å². The third kappa shape index (κ3) is 6.39. The van der Waals surface area contributed by atoms with E-state index in [0.29, 0.717) is 39.6 Å². The Morgan fingerprint density at radius 1 is 1.00 bits per heavy atom. The van der Waals surface area contributed by atoms with Crippen LogP contribution in [0.15, 0.2) is 45.8 Å². The van der Waals surface area contributed by atoms with E-state index in [9.17, 15) is 16.8 Å². The van der Waals surface area contributed by atoms with Crippen LogP contribution in [0, 0.1) is 0 Å². The summed E-state index contributed by atoms with van der Waals surface area (Å²) in [4.78, 5) is 8.75. The van der Waals surface area contributed by atoms with Gasteiger partial charge in [0.05, 0.1) is 30.8 Å². The van der Waals surface area contributed by atoms with Gasteiger partial charge in [0, 0.05) is 24.4 Å². The number of hydrogen-bond donors (Lipinski definition) is 4. The highest BCUT2D eigenvalue weighted by Gasteiger charge is 2.28. The molecule has 0 aromatic heterocycles. The standard InChI is InChI=1S/C22H18Cl2N4O10S2/c23-17-19-21(37-15-9-11(1-3-13(15)27-19)25-5-7-35-39(29,30)31)18(24)20-22(17)38-16-10-12(2-4-14(16)28-20)26-6-8-36-40(32,33)34/h1-4,9-10,25,27H,5-8H2,(H,29,30,31)(H,32,33,34). The first-order chi connectivity index (χ1) is 18.9. The van der Waals surface area contributed by atoms with E-state index >= 15 is 0 Å². The fraction of sp³-hybridized carbons (Fsp3) is 0.182. The van der Waals surface area contributed by atoms with Crippen LogP contribution in [-0.4, -0.2) is 57.2 Å². The summed E-state index contributed by atoms with van der Waals surface area (Å²) in [5.74, 6) is 0.937. The van der Waals surface area contributed by atoms with E-state index in [-0.39, 0.29) is 53.2 Å². The Hall–Kier alpha value is -3.22. The molecule has 0 saturated heterocycles. The molecule has 0 saturated carbocycles. The van der Waals surface area contributed by atoms with Gasteiger partial charge in [-0.15, -0.1) is 0 Å². The average molecular weight is 633 g/mol. The molecule has 0 amide bonds. The van der Waals surface area contributed by atoms with Crippen molar-refractivity contribution >= 4 is 72.2 Å². The summed E-state index contributed by atoms with van der Waals surface area (Å²) in [6.45, 7) is -0.578. The molecule has 3 aliphatic rings. The van der Waals surface area contributed by atoms with Crippen LogP contribution in [0.3, 0.4) is 0 Å². The quantitative estimate of drug-likeness (QED) is 0.103. The zero-order valence-electron chi connectivity index (χ0n) is 19.9. The van der Waals surface area contributed by atoms with Gasteiger partial charge < -0.3 is 19.8 Å². The lowest BCUT2D eigenvalue weighted by atomic mass is 10.1. The van der Waals surface area contributed by atoms with Crippen molar-refractivity contribution in [1.82, 2.24) is 4.98 Å². The number of aromatic nitrogens is 1. The number of anilines is 3. The molecule has 0 atom stereocenters. The zero-order valence-corrected chi connectivity index (χ0v) is 23.1. The van der Waals surface area contributed by atoms with Crippen molar-refractivity contribution in [3.63, 3.8) is 0 Å². The van der Waals surface area contributed by atoms with Gasteiger partial charge in [-0.2, -0.15) is 16.8 Å². The third-order valence-corrected chi connectivity index (χ3v) is 7.03. The van der Waals surface area contributed by atoms with E-state index in [0.717, 1.165) is 0 Å². The van der Waals surface area contributed by atoms with Gasteiger partial charge in [-0.3, -0.25) is 14.1 Å². The molecule has 0 unspecified atom stereocenters. The lowest BCUT2D eigenvalue weighted by Crippen LogP contribution is -2.13. The molecule has 1 aliphatic carbocycles. The predicted molar refractivity (Wildman–Crippen MR) is 144 cm³/mol. The van der Waals surface area contributed by atoms with Gasteiger partial charge in [-0.05, 0) is 24.3 Å². The molecule has 14 nitrogen and oxygen atoms in total. The Balaban J connectivity index is 1.43. The Labute approximate surface area is 236 Å². The molecule has 2 heterocycles. The molecule has 2 aliphatic heterocycles. The summed E-state index contributed by atoms with van der Waals surface area (Å²) >= 11 is 13.4. The van der Waals surface area contributed by atoms with Crippen molar-refractivity contribution in [3.05, 3.63) is 51.8 Å². The molecular weight excluding hydrogens is 615 g/mol. The van der Waals surface area contributed by atoms with Gasteiger partial charge in [0.15, 0.2) is 22.8 Å². The predicted octanol–water partition coefficient (Wildman–Crippen LogP) is 4.04. The molecule has 5 rings (SSSR count). The number of hydrogen-bond acceptors (Lipinski definition) is 12. The van der Waals surface area contributed by atoms with E-state index in [4.69, 9.17) is 41.5 Å². The lowest BCUT2D eigenvalue weighted by Gasteiger charge is -2.25. The van der Waals surface area contributed by atoms with Gasteiger partial charge in [0.2, 0.25) is 0 Å². The minimum Gasteiger partial charge on any atom is -0.451 e. The van der Waals surface area contributed by atoms with Crippen LogP contribution in [-0.2, 0) is 29.2 Å². The maximum Gasteiger partial charge on any atom is 0.397 e. The highest BCUT2D eigenvalue weighted by molar-refractivity contribution is 7.81. The molecule has 0 radical (unpaired) electrons. The van der Waals surface area contributed by atoms with E-state index in [1.165, 1.54) is 0 Å². The molecule has 2 aromatic rings. The first-order valence-electron chi connectivity index (χ1n) is 11.2. The average Bonchev–Trinajstić information content (AvgIpc) is 2.89. The summed E-state index contributed by atoms with van der Waals surface area (Å²) in [6.07, 6.45) is 0. The Morgan fingerprint density at radius 3 is 2.50 bits per heavy atom. The monoisotopic (exact) mass is 632 g/mol. The second kappa shape index (κ2) is 11.0. The molecule has 0 fully saturated rings. The van der Waals surface area contributed by atoms with E-state index in [2.05, 4.69) is 29.0 Å². The smallest absolute Gasteiger partial charge is 0.397 e. The number of benzene rings is 3. The Kier molecular flexibility index (Phi) is 7.77. The van der Waals surface area contributed by atoms with Crippen molar-refractivity contribution in [2.75, 3.05) is 36.9 Å². The van der Waals surface area contributed by atoms with Gasteiger partial charge >= 0.3 is 20.8 Å². The summed E-state index contributed by atoms with van der Waals surface area (Å²) in [7, 11) is -9.08. The van der Waals surface area contributed by atoms with Crippen molar-refractivity contribution in [1.29, 1.82) is 0 Å². The summed E-state index contributed by atoms with van der Waals surface area (Å²) < 4.78 is 80.6. The maximum atomic E-state index is 10.7. The van der Waals surface area contributed by atoms with Crippen molar-refractivity contribution in [2.45, 2.75) is 0 Å². The number of fused-ring (bicyclic) bond motifs is 4. The van der Waals surface area contributed by atoms with E-state index in [1.54, 1.807) is 36.4 Å². The van der Waals surface area contributed by atoms with Gasteiger partial charge in [0.25, 0.3) is 0 Å². The normalized spacial score (nSPS) is 13.6. The zero-order chi connectivity index (χ0) is 28.7. The minimum atomic E-state index is -4.55. The topological polar surface area (TPSA) is 199 Å². The van der Waals surface area contributed by atoms with Gasteiger partial charge in [0.1, 0.15) is 26.9 Å². The maximum absolute atomic E-state index is 10.7. The molecular formula is C22H18Cl2N4O10S2. The lowest BCUT2D eigenvalue weighted by molar-refractivity contribution is 0.275. The number of halogens is 2. The van der Waals surface area contributed by atoms with Crippen LogP contribution in [0.5, 0.6) is 11.5 Å². The van der Waals surface area contributed by atoms with Crippen molar-refractivity contribution in [3.8, 4) is 23.0 Å². The molecule has 0 spiro atoms. The Bertz CT molecular complexity index is 1880. The van der Waals surface area contributed by atoms with Gasteiger partial charge in [-0.25, -0.2) is 13.4 Å². The SMILES string of the molecule is O=S(=O)(O)OCCN=c1ccc2nc3c(Cl)c4c(c(Cl)c3oc-2c1)Nc1ccc(NCCOS(=O)(=O)O)cc1O4. The van der Waals surface area contributed by atoms with Crippen LogP contribution in [0.25, 0.3) is 22.6 Å². The minimum absolute atomic E-state index is 0.0390. The first kappa shape index (κ1) is 28.3. The number of ether oxygens (including phenoxy) is 1. The summed E-state index contributed by atoms with van der Waals surface area (Å²) in [5.41, 5.74) is 2.35. The molecule has 0 bridgehead atoms. The van der Waals surface area contributed by atoms with E-state index in [1.807, 2.05) is 0 Å². The number of nitrogens with one attached hydrogen (secondary N) is 2. The molecule has 212 valence electrons. The fourth-order valence-electron chi connectivity index (χ4n) is 3.76. The number of nitrogens with zero attached hydrogens (tertiary/aromatic N) is 2. The summed E-state index contributed by atoms with van der Waals surface area (Å²) in [5, 5.41) is 6.85. The third-order valence-electron chi connectivity index (χ3n) is 5.39. The van der Waals surface area contributed by atoms with Crippen LogP contribution in [0.4, 0.5) is 17.1 Å². The highest BCUT2D eigenvalue weighted by Crippen LogP contribution is 2.53. The fourth-order valence-corrected chi connectivity index (χ4v) is 4.87. The van der Waals surface area contributed by atoms with Gasteiger partial charge in [-0.1, -0.05) is 23.2 Å². The molecule has 2 aromatic carbocycles. The Morgan fingerprint density at radius 2 is 1.75 bits per heavy atom. The number of rotatable bonds is 9. The first-order valence-corrected chi connectivity index (χ1v) is 14.7. The largest absolute Gasteiger partial charge is 0.451 e. The second-order valence-electron chi connectivity index (χ2n) is 8.12. The molecule has 4 N–H and O–H groups in total. The second-order valence-corrected chi connectivity index (χ2v) is 11.1. The van der Waals surface area contributed by atoms with Crippen LogP contribution in [0.1, 0.15) is 0 Å². The highest BCUT2D eigenvalue weighted by atomic mass is 35.5. The van der Waals surface area contributed by atoms with Crippen LogP contribution in [0.2, 0.25) is 10.0 Å². The van der Waals surface area contributed by atoms with Crippen molar-refractivity contribution < 1.29 is 43.5 Å².